The van der Waals surface area contributed by atoms with E-state index in [-0.39, 0.29) is 5.02 Å². The van der Waals surface area contributed by atoms with Crippen molar-refractivity contribution < 1.29 is 4.39 Å². The molecule has 0 aliphatic rings. The molecule has 0 unspecified atom stereocenters. The minimum Gasteiger partial charge on any atom is -0.331 e. The monoisotopic (exact) mass is 372 g/mol. The van der Waals surface area contributed by atoms with Gasteiger partial charge in [0.1, 0.15) is 5.82 Å². The summed E-state index contributed by atoms with van der Waals surface area (Å²) in [5.74, 6) is -0.458. The first-order chi connectivity index (χ1) is 10.5. The molecular weight excluding hydrogens is 366 g/mol. The van der Waals surface area contributed by atoms with Gasteiger partial charge in [0, 0.05) is 21.7 Å². The van der Waals surface area contributed by atoms with E-state index in [1.807, 2.05) is 11.4 Å². The smallest absolute Gasteiger partial charge is 0.187 e. The van der Waals surface area contributed by atoms with Crippen LogP contribution in [0.1, 0.15) is 0 Å². The molecule has 0 saturated carbocycles. The lowest BCUT2D eigenvalue weighted by Gasteiger charge is -2.04. The van der Waals surface area contributed by atoms with E-state index in [2.05, 4.69) is 10.3 Å². The largest absolute Gasteiger partial charge is 0.331 e. The molecule has 112 valence electrons. The van der Waals surface area contributed by atoms with Gasteiger partial charge in [-0.05, 0) is 36.4 Å². The van der Waals surface area contributed by atoms with Gasteiger partial charge in [-0.1, -0.05) is 34.8 Å². The molecule has 1 heterocycles. The third kappa shape index (κ3) is 3.36. The van der Waals surface area contributed by atoms with Crippen molar-refractivity contribution in [2.75, 3.05) is 5.32 Å². The lowest BCUT2D eigenvalue weighted by Crippen LogP contribution is -1.90. The summed E-state index contributed by atoms with van der Waals surface area (Å²) in [4.78, 5) is 4.46. The maximum absolute atomic E-state index is 13.1. The molecule has 1 N–H and O–H groups in total. The van der Waals surface area contributed by atoms with E-state index in [0.717, 1.165) is 11.3 Å². The normalized spacial score (nSPS) is 10.7. The topological polar surface area (TPSA) is 24.9 Å². The number of anilines is 2. The van der Waals surface area contributed by atoms with Crippen LogP contribution in [0.15, 0.2) is 41.8 Å². The van der Waals surface area contributed by atoms with Crippen LogP contribution in [-0.2, 0) is 0 Å². The zero-order valence-electron chi connectivity index (χ0n) is 10.9. The van der Waals surface area contributed by atoms with Crippen molar-refractivity contribution >= 4 is 57.0 Å². The van der Waals surface area contributed by atoms with Crippen LogP contribution in [0, 0.1) is 5.82 Å². The Hall–Kier alpha value is -1.33. The zero-order chi connectivity index (χ0) is 15.7. The first kappa shape index (κ1) is 15.6. The minimum absolute atomic E-state index is 0.0579. The molecule has 0 atom stereocenters. The highest BCUT2D eigenvalue weighted by Gasteiger charge is 2.09. The average molecular weight is 374 g/mol. The average Bonchev–Trinajstić information content (AvgIpc) is 2.91. The molecule has 0 fully saturated rings. The Morgan fingerprint density at radius 1 is 1.00 bits per heavy atom. The molecule has 1 aromatic heterocycles. The number of benzene rings is 2. The van der Waals surface area contributed by atoms with Crippen molar-refractivity contribution in [2.45, 2.75) is 0 Å². The minimum atomic E-state index is -0.458. The second-order valence-electron chi connectivity index (χ2n) is 4.42. The van der Waals surface area contributed by atoms with E-state index in [4.69, 9.17) is 34.8 Å². The summed E-state index contributed by atoms with van der Waals surface area (Å²) < 4.78 is 13.1. The lowest BCUT2D eigenvalue weighted by atomic mass is 10.2. The van der Waals surface area contributed by atoms with Crippen LogP contribution in [0.25, 0.3) is 11.3 Å². The van der Waals surface area contributed by atoms with Crippen LogP contribution in [0.3, 0.4) is 0 Å². The molecule has 3 rings (SSSR count). The van der Waals surface area contributed by atoms with Crippen molar-refractivity contribution in [2.24, 2.45) is 0 Å². The number of rotatable bonds is 3. The van der Waals surface area contributed by atoms with Crippen LogP contribution in [-0.4, -0.2) is 4.98 Å². The predicted molar refractivity (Wildman–Crippen MR) is 92.3 cm³/mol. The summed E-state index contributed by atoms with van der Waals surface area (Å²) in [6, 6.07) is 9.65. The number of nitrogens with zero attached hydrogens (tertiary/aromatic N) is 1. The number of nitrogens with one attached hydrogen (secondary N) is 1. The lowest BCUT2D eigenvalue weighted by molar-refractivity contribution is 0.628. The van der Waals surface area contributed by atoms with E-state index in [1.165, 1.54) is 23.5 Å². The summed E-state index contributed by atoms with van der Waals surface area (Å²) in [5, 5.41) is 6.78. The van der Waals surface area contributed by atoms with Gasteiger partial charge in [0.05, 0.1) is 15.7 Å². The van der Waals surface area contributed by atoms with Gasteiger partial charge in [-0.15, -0.1) is 11.3 Å². The van der Waals surface area contributed by atoms with E-state index >= 15 is 0 Å². The van der Waals surface area contributed by atoms with Gasteiger partial charge in [-0.2, -0.15) is 0 Å². The van der Waals surface area contributed by atoms with E-state index in [1.54, 1.807) is 18.2 Å². The second kappa shape index (κ2) is 6.42. The van der Waals surface area contributed by atoms with Gasteiger partial charge in [0.15, 0.2) is 5.13 Å². The number of hydrogen-bond donors (Lipinski definition) is 1. The van der Waals surface area contributed by atoms with Crippen molar-refractivity contribution in [3.8, 4) is 11.3 Å². The molecule has 0 bridgehead atoms. The Balaban J connectivity index is 1.85. The first-order valence-electron chi connectivity index (χ1n) is 6.16. The van der Waals surface area contributed by atoms with Crippen molar-refractivity contribution in [3.63, 3.8) is 0 Å². The fourth-order valence-corrected chi connectivity index (χ4v) is 3.27. The molecule has 7 heteroatoms. The standard InChI is InChI=1S/C15H8Cl3FN2S/c16-8-1-3-10(11(17)5-8)14-7-22-15(21-14)20-9-2-4-13(19)12(18)6-9/h1-7H,(H,20,21). The summed E-state index contributed by atoms with van der Waals surface area (Å²) in [7, 11) is 0. The molecule has 22 heavy (non-hydrogen) atoms. The molecular formula is C15H8Cl3FN2S. The van der Waals surface area contributed by atoms with Crippen LogP contribution in [0.2, 0.25) is 15.1 Å². The van der Waals surface area contributed by atoms with Gasteiger partial charge >= 0.3 is 0 Å². The highest BCUT2D eigenvalue weighted by atomic mass is 35.5. The van der Waals surface area contributed by atoms with E-state index in [9.17, 15) is 4.39 Å². The molecule has 0 amide bonds. The molecule has 0 aliphatic carbocycles. The molecule has 0 spiro atoms. The number of aromatic nitrogens is 1. The zero-order valence-corrected chi connectivity index (χ0v) is 14.0. The second-order valence-corrected chi connectivity index (χ2v) is 6.52. The summed E-state index contributed by atoms with van der Waals surface area (Å²) in [5.41, 5.74) is 2.20. The SMILES string of the molecule is Fc1ccc(Nc2nc(-c3ccc(Cl)cc3Cl)cs2)cc1Cl. The fourth-order valence-electron chi connectivity index (χ4n) is 1.85. The van der Waals surface area contributed by atoms with Gasteiger partial charge in [-0.3, -0.25) is 0 Å². The molecule has 0 aliphatic heterocycles. The highest BCUT2D eigenvalue weighted by molar-refractivity contribution is 7.14. The van der Waals surface area contributed by atoms with Crippen molar-refractivity contribution in [3.05, 3.63) is 62.7 Å². The maximum atomic E-state index is 13.1. The van der Waals surface area contributed by atoms with Crippen LogP contribution < -0.4 is 5.32 Å². The summed E-state index contributed by atoms with van der Waals surface area (Å²) in [6.45, 7) is 0. The van der Waals surface area contributed by atoms with Crippen LogP contribution >= 0.6 is 46.1 Å². The highest BCUT2D eigenvalue weighted by Crippen LogP contribution is 2.33. The van der Waals surface area contributed by atoms with Gasteiger partial charge < -0.3 is 5.32 Å². The Morgan fingerprint density at radius 3 is 2.55 bits per heavy atom. The Kier molecular flexibility index (Phi) is 4.54. The van der Waals surface area contributed by atoms with Gasteiger partial charge in [0.25, 0.3) is 0 Å². The maximum Gasteiger partial charge on any atom is 0.187 e. The molecule has 0 saturated heterocycles. The van der Waals surface area contributed by atoms with Crippen molar-refractivity contribution in [1.29, 1.82) is 0 Å². The first-order valence-corrected chi connectivity index (χ1v) is 8.17. The quantitative estimate of drug-likeness (QED) is 0.555. The Labute approximate surface area is 145 Å². The molecule has 2 nitrogen and oxygen atoms in total. The Morgan fingerprint density at radius 2 is 1.82 bits per heavy atom. The predicted octanol–water partition coefficient (Wildman–Crippen LogP) is 6.65. The van der Waals surface area contributed by atoms with E-state index < -0.39 is 5.82 Å². The molecule has 3 aromatic rings. The Bertz CT molecular complexity index is 835. The molecule has 0 radical (unpaired) electrons. The van der Waals surface area contributed by atoms with Crippen LogP contribution in [0.5, 0.6) is 0 Å². The van der Waals surface area contributed by atoms with E-state index in [0.29, 0.717) is 20.9 Å². The number of halogens is 4. The third-order valence-corrected chi connectivity index (χ3v) is 4.48. The summed E-state index contributed by atoms with van der Waals surface area (Å²) >= 11 is 19.2. The fraction of sp³-hybridized carbons (Fsp3) is 0. The molecule has 2 aromatic carbocycles. The van der Waals surface area contributed by atoms with Crippen LogP contribution in [0.4, 0.5) is 15.2 Å². The summed E-state index contributed by atoms with van der Waals surface area (Å²) in [6.07, 6.45) is 0. The third-order valence-electron chi connectivity index (χ3n) is 2.88. The van der Waals surface area contributed by atoms with Gasteiger partial charge in [0.2, 0.25) is 0 Å². The number of hydrogen-bond acceptors (Lipinski definition) is 3. The van der Waals surface area contributed by atoms with Gasteiger partial charge in [-0.25, -0.2) is 9.37 Å². The number of thiazole rings is 1. The van der Waals surface area contributed by atoms with Crippen molar-refractivity contribution in [1.82, 2.24) is 4.98 Å².